The van der Waals surface area contributed by atoms with Gasteiger partial charge in [-0.15, -0.1) is 0 Å². The number of aromatic nitrogens is 2. The van der Waals surface area contributed by atoms with Crippen LogP contribution in [0, 0.1) is 11.3 Å². The van der Waals surface area contributed by atoms with Gasteiger partial charge in [-0.2, -0.15) is 5.26 Å². The van der Waals surface area contributed by atoms with E-state index in [1.54, 1.807) is 24.3 Å². The van der Waals surface area contributed by atoms with Crippen molar-refractivity contribution < 1.29 is 9.53 Å². The number of amides is 1. The van der Waals surface area contributed by atoms with Gasteiger partial charge < -0.3 is 15.5 Å². The predicted molar refractivity (Wildman–Crippen MR) is 95.7 cm³/mol. The molecular formula is C18H13ClN4O2. The van der Waals surface area contributed by atoms with Crippen LogP contribution in [-0.4, -0.2) is 22.5 Å². The molecule has 25 heavy (non-hydrogen) atoms. The second kappa shape index (κ2) is 7.07. The topological polar surface area (TPSA) is 105 Å². The number of para-hydroxylation sites is 2. The zero-order valence-electron chi connectivity index (χ0n) is 13.0. The minimum Gasteiger partial charge on any atom is -0.482 e. The predicted octanol–water partition coefficient (Wildman–Crippen LogP) is 3.14. The molecule has 2 aromatic carbocycles. The summed E-state index contributed by atoms with van der Waals surface area (Å²) in [5.74, 6) is 0.241. The lowest BCUT2D eigenvalue weighted by molar-refractivity contribution is -0.119. The van der Waals surface area contributed by atoms with Gasteiger partial charge in [-0.3, -0.25) is 4.79 Å². The molecule has 0 radical (unpaired) electrons. The lowest BCUT2D eigenvalue weighted by Gasteiger charge is -2.06. The number of hydrogen-bond donors (Lipinski definition) is 2. The number of benzene rings is 2. The number of carbonyl (C=O) groups is 1. The minimum atomic E-state index is -0.586. The Morgan fingerprint density at radius 2 is 2.16 bits per heavy atom. The van der Waals surface area contributed by atoms with E-state index in [0.717, 1.165) is 11.0 Å². The highest BCUT2D eigenvalue weighted by atomic mass is 35.5. The van der Waals surface area contributed by atoms with E-state index in [9.17, 15) is 10.1 Å². The summed E-state index contributed by atoms with van der Waals surface area (Å²) in [6.45, 7) is -0.253. The molecule has 124 valence electrons. The van der Waals surface area contributed by atoms with Gasteiger partial charge in [0.15, 0.2) is 6.61 Å². The lowest BCUT2D eigenvalue weighted by Crippen LogP contribution is -2.20. The van der Waals surface area contributed by atoms with E-state index >= 15 is 0 Å². The molecule has 0 spiro atoms. The molecule has 0 saturated heterocycles. The summed E-state index contributed by atoms with van der Waals surface area (Å²) in [6, 6.07) is 14.6. The third-order valence-electron chi connectivity index (χ3n) is 3.40. The molecule has 0 atom stereocenters. The summed E-state index contributed by atoms with van der Waals surface area (Å²) in [5, 5.41) is 9.76. The smallest absolute Gasteiger partial charge is 0.255 e. The van der Waals surface area contributed by atoms with E-state index in [-0.39, 0.29) is 6.61 Å². The molecule has 0 bridgehead atoms. The van der Waals surface area contributed by atoms with Crippen molar-refractivity contribution >= 4 is 40.2 Å². The van der Waals surface area contributed by atoms with Crippen molar-refractivity contribution in [3.8, 4) is 11.8 Å². The maximum Gasteiger partial charge on any atom is 0.255 e. The molecule has 6 nitrogen and oxygen atoms in total. The molecule has 0 aliphatic rings. The third-order valence-corrected chi connectivity index (χ3v) is 3.70. The molecule has 1 aromatic heterocycles. The first-order valence-corrected chi connectivity index (χ1v) is 7.72. The van der Waals surface area contributed by atoms with Crippen LogP contribution in [0.4, 0.5) is 0 Å². The van der Waals surface area contributed by atoms with Crippen LogP contribution in [0.2, 0.25) is 5.02 Å². The fourth-order valence-corrected chi connectivity index (χ4v) is 2.52. The molecule has 1 heterocycles. The van der Waals surface area contributed by atoms with E-state index in [1.807, 2.05) is 24.3 Å². The van der Waals surface area contributed by atoms with E-state index in [0.29, 0.717) is 27.7 Å². The Hall–Kier alpha value is -3.30. The van der Waals surface area contributed by atoms with E-state index in [4.69, 9.17) is 22.1 Å². The summed E-state index contributed by atoms with van der Waals surface area (Å²) in [7, 11) is 0. The zero-order chi connectivity index (χ0) is 17.8. The number of nitrogens with one attached hydrogen (secondary N) is 1. The first kappa shape index (κ1) is 16.6. The van der Waals surface area contributed by atoms with Gasteiger partial charge in [0.25, 0.3) is 5.91 Å². The van der Waals surface area contributed by atoms with Crippen LogP contribution < -0.4 is 10.5 Å². The molecule has 0 aliphatic carbocycles. The average molecular weight is 353 g/mol. The molecule has 0 fully saturated rings. The van der Waals surface area contributed by atoms with E-state index in [2.05, 4.69) is 16.0 Å². The highest BCUT2D eigenvalue weighted by molar-refractivity contribution is 6.32. The van der Waals surface area contributed by atoms with Crippen LogP contribution in [0.15, 0.2) is 42.5 Å². The second-order valence-corrected chi connectivity index (χ2v) is 5.62. The second-order valence-electron chi connectivity index (χ2n) is 5.22. The maximum atomic E-state index is 10.8. The van der Waals surface area contributed by atoms with Crippen LogP contribution in [0.1, 0.15) is 11.4 Å². The number of allylic oxidation sites excluding steroid dienone is 1. The Morgan fingerprint density at radius 3 is 2.84 bits per heavy atom. The fourth-order valence-electron chi connectivity index (χ4n) is 2.27. The Kier molecular flexibility index (Phi) is 4.68. The van der Waals surface area contributed by atoms with Crippen molar-refractivity contribution in [2.45, 2.75) is 0 Å². The molecule has 1 amide bonds. The van der Waals surface area contributed by atoms with Crippen molar-refractivity contribution in [3.05, 3.63) is 58.9 Å². The number of halogens is 1. The van der Waals surface area contributed by atoms with Gasteiger partial charge in [-0.25, -0.2) is 4.98 Å². The first-order chi connectivity index (χ1) is 12.1. The summed E-state index contributed by atoms with van der Waals surface area (Å²) >= 11 is 6.14. The number of primary amides is 1. The van der Waals surface area contributed by atoms with Crippen LogP contribution in [0.3, 0.4) is 0 Å². The van der Waals surface area contributed by atoms with E-state index < -0.39 is 5.91 Å². The van der Waals surface area contributed by atoms with Crippen LogP contribution in [-0.2, 0) is 4.79 Å². The van der Waals surface area contributed by atoms with E-state index in [1.165, 1.54) is 0 Å². The molecule has 3 rings (SSSR count). The number of fused-ring (bicyclic) bond motifs is 1. The number of rotatable bonds is 5. The first-order valence-electron chi connectivity index (χ1n) is 7.34. The number of carbonyl (C=O) groups excluding carboxylic acids is 1. The molecule has 3 N–H and O–H groups in total. The largest absolute Gasteiger partial charge is 0.482 e. The van der Waals surface area contributed by atoms with Crippen LogP contribution in [0.5, 0.6) is 5.75 Å². The van der Waals surface area contributed by atoms with Gasteiger partial charge in [0.05, 0.1) is 21.6 Å². The van der Waals surface area contributed by atoms with Gasteiger partial charge in [0.1, 0.15) is 17.6 Å². The standard InChI is InChI=1S/C18H13ClN4O2/c19-13-8-11(5-6-16(13)25-10-17(21)24)7-12(9-20)18-22-14-3-1-2-4-15(14)23-18/h1-8H,10H2,(H2,21,24)(H,22,23). The van der Waals surface area contributed by atoms with Crippen LogP contribution >= 0.6 is 11.6 Å². The maximum absolute atomic E-state index is 10.8. The van der Waals surface area contributed by atoms with Crippen molar-refractivity contribution in [2.75, 3.05) is 6.61 Å². The summed E-state index contributed by atoms with van der Waals surface area (Å²) < 4.78 is 5.20. The van der Waals surface area contributed by atoms with Gasteiger partial charge >= 0.3 is 0 Å². The fraction of sp³-hybridized carbons (Fsp3) is 0.0556. The number of nitrogens with two attached hydrogens (primary N) is 1. The summed E-state index contributed by atoms with van der Waals surface area (Å²) in [6.07, 6.45) is 1.67. The Bertz CT molecular complexity index is 984. The number of nitrogens with zero attached hydrogens (tertiary/aromatic N) is 2. The zero-order valence-corrected chi connectivity index (χ0v) is 13.7. The summed E-state index contributed by atoms with van der Waals surface area (Å²) in [5.41, 5.74) is 7.75. The Morgan fingerprint density at radius 1 is 1.36 bits per heavy atom. The third kappa shape index (κ3) is 3.79. The highest BCUT2D eigenvalue weighted by Crippen LogP contribution is 2.27. The molecule has 7 heteroatoms. The van der Waals surface area contributed by atoms with Gasteiger partial charge in [0, 0.05) is 0 Å². The molecule has 0 saturated carbocycles. The van der Waals surface area contributed by atoms with Crippen molar-refractivity contribution in [3.63, 3.8) is 0 Å². The molecular weight excluding hydrogens is 340 g/mol. The average Bonchev–Trinajstić information content (AvgIpc) is 3.02. The quantitative estimate of drug-likeness (QED) is 0.688. The number of H-pyrrole nitrogens is 1. The lowest BCUT2D eigenvalue weighted by atomic mass is 10.1. The number of ether oxygens (including phenoxy) is 1. The molecule has 0 aliphatic heterocycles. The SMILES string of the molecule is N#CC(=Cc1ccc(OCC(N)=O)c(Cl)c1)c1nc2ccccc2[nH]1. The van der Waals surface area contributed by atoms with Crippen molar-refractivity contribution in [1.82, 2.24) is 9.97 Å². The molecule has 0 unspecified atom stereocenters. The Labute approximate surface area is 148 Å². The number of aromatic amines is 1. The number of hydrogen-bond acceptors (Lipinski definition) is 4. The Balaban J connectivity index is 1.90. The number of imidazole rings is 1. The van der Waals surface area contributed by atoms with Crippen LogP contribution in [0.25, 0.3) is 22.7 Å². The summed E-state index contributed by atoms with van der Waals surface area (Å²) in [4.78, 5) is 18.3. The van der Waals surface area contributed by atoms with Gasteiger partial charge in [-0.05, 0) is 35.9 Å². The molecule has 3 aromatic rings. The van der Waals surface area contributed by atoms with Gasteiger partial charge in [-0.1, -0.05) is 29.8 Å². The van der Waals surface area contributed by atoms with Crippen molar-refractivity contribution in [2.24, 2.45) is 5.73 Å². The minimum absolute atomic E-state index is 0.253. The van der Waals surface area contributed by atoms with Crippen molar-refractivity contribution in [1.29, 1.82) is 5.26 Å². The number of nitriles is 1. The normalized spacial score (nSPS) is 11.3. The highest BCUT2D eigenvalue weighted by Gasteiger charge is 2.09. The monoisotopic (exact) mass is 352 g/mol. The van der Waals surface area contributed by atoms with Gasteiger partial charge in [0.2, 0.25) is 0 Å².